The quantitative estimate of drug-likeness (QED) is 0.664. The van der Waals surface area contributed by atoms with E-state index in [9.17, 15) is 8.42 Å². The van der Waals surface area contributed by atoms with Gasteiger partial charge in [0.05, 0.1) is 17.7 Å². The molecule has 0 atom stereocenters. The van der Waals surface area contributed by atoms with Crippen LogP contribution >= 0.6 is 0 Å². The van der Waals surface area contributed by atoms with Crippen LogP contribution in [0.25, 0.3) is 11.3 Å². The molecule has 1 aromatic heterocycles. The molecule has 0 saturated heterocycles. The Hall–Kier alpha value is -1.74. The van der Waals surface area contributed by atoms with Gasteiger partial charge in [0.25, 0.3) is 0 Å². The summed E-state index contributed by atoms with van der Waals surface area (Å²) in [6.45, 7) is 2.07. The van der Waals surface area contributed by atoms with Crippen LogP contribution < -0.4 is 10.0 Å². The number of ether oxygens (including phenoxy) is 1. The van der Waals surface area contributed by atoms with Gasteiger partial charge >= 0.3 is 0 Å². The molecular formula is C14H19N3O4S. The van der Waals surface area contributed by atoms with E-state index < -0.39 is 10.0 Å². The van der Waals surface area contributed by atoms with E-state index in [0.717, 1.165) is 0 Å². The number of sulfonamides is 1. The molecule has 0 spiro atoms. The molecule has 0 radical (unpaired) electrons. The number of nitrogens with zero attached hydrogens (tertiary/aromatic N) is 1. The summed E-state index contributed by atoms with van der Waals surface area (Å²) in [5.74, 6) is 0.416. The third-order valence-corrected chi connectivity index (χ3v) is 4.48. The molecule has 120 valence electrons. The molecule has 0 bridgehead atoms. The summed E-state index contributed by atoms with van der Waals surface area (Å²) in [5, 5.41) is 6.69. The van der Waals surface area contributed by atoms with Crippen LogP contribution in [0.4, 0.5) is 0 Å². The van der Waals surface area contributed by atoms with Crippen molar-refractivity contribution in [3.63, 3.8) is 0 Å². The lowest BCUT2D eigenvalue weighted by Gasteiger charge is -2.10. The largest absolute Gasteiger partial charge is 0.383 e. The van der Waals surface area contributed by atoms with Gasteiger partial charge in [-0.15, -0.1) is 0 Å². The first-order valence-corrected chi connectivity index (χ1v) is 8.33. The van der Waals surface area contributed by atoms with E-state index in [4.69, 9.17) is 9.26 Å². The zero-order valence-electron chi connectivity index (χ0n) is 12.3. The molecule has 2 aromatic rings. The molecule has 22 heavy (non-hydrogen) atoms. The van der Waals surface area contributed by atoms with E-state index in [1.807, 2.05) is 0 Å². The Bertz CT molecular complexity index is 671. The Morgan fingerprint density at radius 1 is 1.18 bits per heavy atom. The fourth-order valence-electron chi connectivity index (χ4n) is 1.91. The highest BCUT2D eigenvalue weighted by molar-refractivity contribution is 7.89. The normalized spacial score (nSPS) is 11.7. The standard InChI is InChI=1S/C14H19N3O4S/c1-20-11-10-15-8-9-17-22(18,19)14-5-3-2-4-12(14)13-6-7-16-21-13/h2-7,15,17H,8-11H2,1H3. The Morgan fingerprint density at radius 3 is 2.73 bits per heavy atom. The first-order valence-electron chi connectivity index (χ1n) is 6.84. The Morgan fingerprint density at radius 2 is 2.00 bits per heavy atom. The highest BCUT2D eigenvalue weighted by Crippen LogP contribution is 2.26. The van der Waals surface area contributed by atoms with Gasteiger partial charge in [0.2, 0.25) is 10.0 Å². The smallest absolute Gasteiger partial charge is 0.241 e. The maximum atomic E-state index is 12.4. The van der Waals surface area contributed by atoms with Crippen LogP contribution in [0.15, 0.2) is 45.9 Å². The molecule has 1 aromatic carbocycles. The van der Waals surface area contributed by atoms with Gasteiger partial charge in [0.1, 0.15) is 0 Å². The van der Waals surface area contributed by atoms with E-state index in [1.165, 1.54) is 6.20 Å². The average Bonchev–Trinajstić information content (AvgIpc) is 3.05. The molecule has 0 aliphatic carbocycles. The number of rotatable bonds is 9. The molecule has 0 fully saturated rings. The molecule has 7 nitrogen and oxygen atoms in total. The monoisotopic (exact) mass is 325 g/mol. The lowest BCUT2D eigenvalue weighted by Crippen LogP contribution is -2.33. The maximum Gasteiger partial charge on any atom is 0.241 e. The average molecular weight is 325 g/mol. The van der Waals surface area contributed by atoms with Crippen LogP contribution in [0.5, 0.6) is 0 Å². The van der Waals surface area contributed by atoms with Gasteiger partial charge in [0.15, 0.2) is 5.76 Å². The summed E-state index contributed by atoms with van der Waals surface area (Å²) < 4.78 is 37.3. The van der Waals surface area contributed by atoms with Crippen molar-refractivity contribution < 1.29 is 17.7 Å². The number of aromatic nitrogens is 1. The molecular weight excluding hydrogens is 306 g/mol. The second-order valence-electron chi connectivity index (χ2n) is 4.51. The van der Waals surface area contributed by atoms with Crippen LogP contribution in [-0.2, 0) is 14.8 Å². The van der Waals surface area contributed by atoms with Crippen molar-refractivity contribution in [1.82, 2.24) is 15.2 Å². The molecule has 0 aliphatic rings. The lowest BCUT2D eigenvalue weighted by molar-refractivity contribution is 0.199. The van der Waals surface area contributed by atoms with Gasteiger partial charge in [-0.1, -0.05) is 17.3 Å². The zero-order valence-corrected chi connectivity index (χ0v) is 13.1. The molecule has 8 heteroatoms. The second-order valence-corrected chi connectivity index (χ2v) is 6.25. The van der Waals surface area contributed by atoms with Gasteiger partial charge in [-0.3, -0.25) is 0 Å². The van der Waals surface area contributed by atoms with E-state index in [2.05, 4.69) is 15.2 Å². The van der Waals surface area contributed by atoms with Crippen molar-refractivity contribution in [2.75, 3.05) is 33.4 Å². The van der Waals surface area contributed by atoms with Crippen LogP contribution in [0.3, 0.4) is 0 Å². The van der Waals surface area contributed by atoms with Gasteiger partial charge in [-0.2, -0.15) is 0 Å². The van der Waals surface area contributed by atoms with Gasteiger partial charge < -0.3 is 14.6 Å². The SMILES string of the molecule is COCCNCCNS(=O)(=O)c1ccccc1-c1ccno1. The predicted molar refractivity (Wildman–Crippen MR) is 81.9 cm³/mol. The summed E-state index contributed by atoms with van der Waals surface area (Å²) in [6.07, 6.45) is 1.48. The number of methoxy groups -OCH3 is 1. The van der Waals surface area contributed by atoms with Crippen molar-refractivity contribution in [2.24, 2.45) is 0 Å². The van der Waals surface area contributed by atoms with Crippen LogP contribution in [-0.4, -0.2) is 46.9 Å². The first kappa shape index (κ1) is 16.6. The number of nitrogens with one attached hydrogen (secondary N) is 2. The van der Waals surface area contributed by atoms with E-state index in [1.54, 1.807) is 37.4 Å². The molecule has 1 heterocycles. The summed E-state index contributed by atoms with van der Waals surface area (Å²) in [7, 11) is -2.00. The maximum absolute atomic E-state index is 12.4. The fourth-order valence-corrected chi connectivity index (χ4v) is 3.15. The Balaban J connectivity index is 2.04. The summed E-state index contributed by atoms with van der Waals surface area (Å²) in [6, 6.07) is 8.28. The van der Waals surface area contributed by atoms with Crippen molar-refractivity contribution in [2.45, 2.75) is 4.90 Å². The van der Waals surface area contributed by atoms with Crippen molar-refractivity contribution >= 4 is 10.0 Å². The number of hydrogen-bond donors (Lipinski definition) is 2. The predicted octanol–water partition coefficient (Wildman–Crippen LogP) is 0.856. The minimum Gasteiger partial charge on any atom is -0.383 e. The summed E-state index contributed by atoms with van der Waals surface area (Å²) >= 11 is 0. The minimum absolute atomic E-state index is 0.170. The molecule has 0 unspecified atom stereocenters. The number of hydrogen-bond acceptors (Lipinski definition) is 6. The molecule has 0 saturated carbocycles. The summed E-state index contributed by atoms with van der Waals surface area (Å²) in [5.41, 5.74) is 0.486. The fraction of sp³-hybridized carbons (Fsp3) is 0.357. The topological polar surface area (TPSA) is 93.5 Å². The van der Waals surface area contributed by atoms with Crippen molar-refractivity contribution in [3.8, 4) is 11.3 Å². The summed E-state index contributed by atoms with van der Waals surface area (Å²) in [4.78, 5) is 0.170. The first-order chi connectivity index (χ1) is 10.6. The molecule has 0 amide bonds. The van der Waals surface area contributed by atoms with Crippen molar-refractivity contribution in [1.29, 1.82) is 0 Å². The molecule has 2 rings (SSSR count). The van der Waals surface area contributed by atoms with E-state index >= 15 is 0 Å². The third-order valence-electron chi connectivity index (χ3n) is 2.96. The van der Waals surface area contributed by atoms with E-state index in [0.29, 0.717) is 31.0 Å². The van der Waals surface area contributed by atoms with E-state index in [-0.39, 0.29) is 11.4 Å². The second kappa shape index (κ2) is 8.04. The van der Waals surface area contributed by atoms with Gasteiger partial charge in [-0.05, 0) is 12.1 Å². The minimum atomic E-state index is -3.62. The zero-order chi connectivity index (χ0) is 15.8. The number of benzene rings is 1. The molecule has 2 N–H and O–H groups in total. The highest BCUT2D eigenvalue weighted by Gasteiger charge is 2.20. The van der Waals surface area contributed by atoms with Gasteiger partial charge in [-0.25, -0.2) is 13.1 Å². The van der Waals surface area contributed by atoms with Crippen LogP contribution in [0.1, 0.15) is 0 Å². The van der Waals surface area contributed by atoms with Crippen molar-refractivity contribution in [3.05, 3.63) is 36.5 Å². The highest BCUT2D eigenvalue weighted by atomic mass is 32.2. The third kappa shape index (κ3) is 4.38. The van der Waals surface area contributed by atoms with Gasteiger partial charge in [0, 0.05) is 38.4 Å². The lowest BCUT2D eigenvalue weighted by atomic mass is 10.2. The Labute approximate surface area is 129 Å². The molecule has 0 aliphatic heterocycles. The van der Waals surface area contributed by atoms with Crippen LogP contribution in [0, 0.1) is 0 Å². The Kier molecular flexibility index (Phi) is 6.08. The van der Waals surface area contributed by atoms with Crippen LogP contribution in [0.2, 0.25) is 0 Å².